The van der Waals surface area contributed by atoms with E-state index >= 15 is 0 Å². The van der Waals surface area contributed by atoms with Crippen molar-refractivity contribution in [2.24, 2.45) is 5.92 Å². The van der Waals surface area contributed by atoms with E-state index in [1.54, 1.807) is 24.0 Å². The lowest BCUT2D eigenvalue weighted by Crippen LogP contribution is -2.64. The van der Waals surface area contributed by atoms with Gasteiger partial charge in [0.25, 0.3) is 0 Å². The molecule has 21 heavy (non-hydrogen) atoms. The Hall–Kier alpha value is -1.91. The third-order valence-electron chi connectivity index (χ3n) is 4.05. The summed E-state index contributed by atoms with van der Waals surface area (Å²) < 4.78 is 13.0. The van der Waals surface area contributed by atoms with Crippen molar-refractivity contribution in [3.8, 4) is 0 Å². The Bertz CT molecular complexity index is 542. The van der Waals surface area contributed by atoms with E-state index in [-0.39, 0.29) is 29.6 Å². The molecule has 1 fully saturated rings. The van der Waals surface area contributed by atoms with Crippen molar-refractivity contribution in [3.63, 3.8) is 0 Å². The van der Waals surface area contributed by atoms with Crippen LogP contribution in [-0.2, 0) is 9.59 Å². The number of piperazine rings is 1. The molecule has 1 saturated heterocycles. The summed E-state index contributed by atoms with van der Waals surface area (Å²) in [5.74, 6) is -0.533. The molecule has 114 valence electrons. The number of hydrogen-bond donors (Lipinski definition) is 1. The molecule has 2 amide bonds. The van der Waals surface area contributed by atoms with Crippen LogP contribution in [-0.4, -0.2) is 28.8 Å². The van der Waals surface area contributed by atoms with E-state index in [9.17, 15) is 14.0 Å². The van der Waals surface area contributed by atoms with Crippen LogP contribution in [0.2, 0.25) is 0 Å². The van der Waals surface area contributed by atoms with Gasteiger partial charge in [-0.25, -0.2) is 4.39 Å². The zero-order chi connectivity index (χ0) is 15.7. The molecule has 0 radical (unpaired) electrons. The van der Waals surface area contributed by atoms with Crippen molar-refractivity contribution in [2.45, 2.75) is 45.8 Å². The van der Waals surface area contributed by atoms with Gasteiger partial charge in [-0.3, -0.25) is 9.59 Å². The van der Waals surface area contributed by atoms with Crippen LogP contribution in [0, 0.1) is 11.7 Å². The van der Waals surface area contributed by atoms with Crippen LogP contribution in [0.3, 0.4) is 0 Å². The number of carbonyl (C=O) groups excluding carboxylic acids is 2. The maximum Gasteiger partial charge on any atom is 0.246 e. The summed E-state index contributed by atoms with van der Waals surface area (Å²) in [6.45, 7) is 7.38. The molecule has 4 nitrogen and oxygen atoms in total. The molecule has 2 rings (SSSR count). The summed E-state index contributed by atoms with van der Waals surface area (Å²) in [6.07, 6.45) is 0. The summed E-state index contributed by atoms with van der Waals surface area (Å²) in [4.78, 5) is 26.3. The molecular weight excluding hydrogens is 271 g/mol. The van der Waals surface area contributed by atoms with E-state index in [1.807, 2.05) is 20.8 Å². The Morgan fingerprint density at radius 1 is 1.14 bits per heavy atom. The number of benzene rings is 1. The quantitative estimate of drug-likeness (QED) is 0.929. The molecule has 3 atom stereocenters. The van der Waals surface area contributed by atoms with E-state index in [4.69, 9.17) is 0 Å². The number of nitrogens with one attached hydrogen (secondary N) is 1. The van der Waals surface area contributed by atoms with Gasteiger partial charge in [0.1, 0.15) is 17.9 Å². The molecule has 0 bridgehead atoms. The molecule has 1 aromatic carbocycles. The minimum atomic E-state index is -0.535. The fraction of sp³-hybridized carbons (Fsp3) is 0.500. The van der Waals surface area contributed by atoms with E-state index in [0.29, 0.717) is 0 Å². The Morgan fingerprint density at radius 2 is 1.71 bits per heavy atom. The highest BCUT2D eigenvalue weighted by atomic mass is 19.1. The highest BCUT2D eigenvalue weighted by Gasteiger charge is 2.41. The maximum atomic E-state index is 13.0. The first kappa shape index (κ1) is 15.5. The average Bonchev–Trinajstić information content (AvgIpc) is 2.43. The third-order valence-corrected chi connectivity index (χ3v) is 4.05. The zero-order valence-corrected chi connectivity index (χ0v) is 12.8. The summed E-state index contributed by atoms with van der Waals surface area (Å²) in [5, 5.41) is 2.77. The van der Waals surface area contributed by atoms with Gasteiger partial charge in [0.2, 0.25) is 11.8 Å². The second-order valence-electron chi connectivity index (χ2n) is 5.88. The lowest BCUT2D eigenvalue weighted by Gasteiger charge is -2.42. The minimum Gasteiger partial charge on any atom is -0.342 e. The number of carbonyl (C=O) groups is 2. The Labute approximate surface area is 124 Å². The molecule has 1 aromatic rings. The first-order chi connectivity index (χ1) is 9.82. The standard InChI is InChI=1S/C16H21FN2O2/c1-9(2)14-16(21)19(11(4)15(20)18-14)10(3)12-5-7-13(17)8-6-12/h5-11,14H,1-4H3,(H,18,20). The largest absolute Gasteiger partial charge is 0.342 e. The average molecular weight is 292 g/mol. The zero-order valence-electron chi connectivity index (χ0n) is 12.8. The second kappa shape index (κ2) is 5.84. The van der Waals surface area contributed by atoms with Crippen molar-refractivity contribution < 1.29 is 14.0 Å². The van der Waals surface area contributed by atoms with E-state index < -0.39 is 12.1 Å². The number of hydrogen-bond acceptors (Lipinski definition) is 2. The second-order valence-corrected chi connectivity index (χ2v) is 5.88. The van der Waals surface area contributed by atoms with Crippen molar-refractivity contribution in [1.29, 1.82) is 0 Å². The maximum absolute atomic E-state index is 13.0. The molecule has 0 aliphatic carbocycles. The van der Waals surface area contributed by atoms with Crippen molar-refractivity contribution in [3.05, 3.63) is 35.6 Å². The van der Waals surface area contributed by atoms with Gasteiger partial charge in [-0.05, 0) is 37.5 Å². The summed E-state index contributed by atoms with van der Waals surface area (Å²) >= 11 is 0. The van der Waals surface area contributed by atoms with Gasteiger partial charge in [0.05, 0.1) is 6.04 Å². The van der Waals surface area contributed by atoms with Crippen LogP contribution >= 0.6 is 0 Å². The van der Waals surface area contributed by atoms with Crippen molar-refractivity contribution >= 4 is 11.8 Å². The summed E-state index contributed by atoms with van der Waals surface area (Å²) in [6, 6.07) is 4.72. The first-order valence-corrected chi connectivity index (χ1v) is 7.21. The smallest absolute Gasteiger partial charge is 0.246 e. The van der Waals surface area contributed by atoms with Gasteiger partial charge in [-0.2, -0.15) is 0 Å². The Morgan fingerprint density at radius 3 is 2.24 bits per heavy atom. The predicted molar refractivity (Wildman–Crippen MR) is 77.9 cm³/mol. The molecule has 3 unspecified atom stereocenters. The first-order valence-electron chi connectivity index (χ1n) is 7.21. The van der Waals surface area contributed by atoms with Crippen LogP contribution in [0.4, 0.5) is 4.39 Å². The molecule has 0 aromatic heterocycles. The van der Waals surface area contributed by atoms with Gasteiger partial charge in [-0.1, -0.05) is 26.0 Å². The van der Waals surface area contributed by atoms with Crippen LogP contribution in [0.25, 0.3) is 0 Å². The molecule has 1 N–H and O–H groups in total. The fourth-order valence-electron chi connectivity index (χ4n) is 2.69. The van der Waals surface area contributed by atoms with Gasteiger partial charge < -0.3 is 10.2 Å². The monoisotopic (exact) mass is 292 g/mol. The third kappa shape index (κ3) is 2.91. The number of amides is 2. The van der Waals surface area contributed by atoms with Gasteiger partial charge in [-0.15, -0.1) is 0 Å². The number of nitrogens with zero attached hydrogens (tertiary/aromatic N) is 1. The Balaban J connectivity index is 2.32. The topological polar surface area (TPSA) is 49.4 Å². The molecule has 1 heterocycles. The molecular formula is C16H21FN2O2. The lowest BCUT2D eigenvalue weighted by atomic mass is 9.95. The molecule has 1 aliphatic heterocycles. The summed E-state index contributed by atoms with van der Waals surface area (Å²) in [7, 11) is 0. The summed E-state index contributed by atoms with van der Waals surface area (Å²) in [5.41, 5.74) is 0.814. The minimum absolute atomic E-state index is 0.0249. The van der Waals surface area contributed by atoms with Gasteiger partial charge in [0, 0.05) is 0 Å². The lowest BCUT2D eigenvalue weighted by molar-refractivity contribution is -0.152. The van der Waals surface area contributed by atoms with Gasteiger partial charge >= 0.3 is 0 Å². The van der Waals surface area contributed by atoms with Crippen molar-refractivity contribution in [2.75, 3.05) is 0 Å². The van der Waals surface area contributed by atoms with Crippen molar-refractivity contribution in [1.82, 2.24) is 10.2 Å². The molecule has 1 aliphatic rings. The molecule has 0 saturated carbocycles. The SMILES string of the molecule is CC(C)C1NC(=O)C(C)N(C(C)c2ccc(F)cc2)C1=O. The highest BCUT2D eigenvalue weighted by Crippen LogP contribution is 2.27. The molecule has 0 spiro atoms. The van der Waals surface area contributed by atoms with Gasteiger partial charge in [0.15, 0.2) is 0 Å². The van der Waals surface area contributed by atoms with Crippen LogP contribution in [0.5, 0.6) is 0 Å². The number of halogens is 1. The van der Waals surface area contributed by atoms with E-state index in [2.05, 4.69) is 5.32 Å². The van der Waals surface area contributed by atoms with Crippen LogP contribution in [0.15, 0.2) is 24.3 Å². The fourth-order valence-corrected chi connectivity index (χ4v) is 2.69. The highest BCUT2D eigenvalue weighted by molar-refractivity contribution is 5.97. The van der Waals surface area contributed by atoms with Crippen LogP contribution in [0.1, 0.15) is 39.3 Å². The number of rotatable bonds is 3. The molecule has 5 heteroatoms. The van der Waals surface area contributed by atoms with Crippen LogP contribution < -0.4 is 5.32 Å². The normalized spacial score (nSPS) is 24.2. The van der Waals surface area contributed by atoms with E-state index in [1.165, 1.54) is 12.1 Å². The predicted octanol–water partition coefficient (Wildman–Crippen LogP) is 2.26. The van der Waals surface area contributed by atoms with E-state index in [0.717, 1.165) is 5.56 Å². The Kier molecular flexibility index (Phi) is 4.30.